The number of piperidine rings is 1. The number of methoxy groups -OCH3 is 1. The summed E-state index contributed by atoms with van der Waals surface area (Å²) in [5.41, 5.74) is 3.91. The Morgan fingerprint density at radius 3 is 2.91 bits per heavy atom. The summed E-state index contributed by atoms with van der Waals surface area (Å²) in [5, 5.41) is 1.40. The van der Waals surface area contributed by atoms with Gasteiger partial charge in [-0.1, -0.05) is 26.0 Å². The number of rotatable bonds is 2. The molecular formula is C19H26N2O. The van der Waals surface area contributed by atoms with Crippen molar-refractivity contribution in [1.29, 1.82) is 0 Å². The molecule has 2 unspecified atom stereocenters. The van der Waals surface area contributed by atoms with Crippen LogP contribution in [0.4, 0.5) is 0 Å². The van der Waals surface area contributed by atoms with Crippen molar-refractivity contribution < 1.29 is 4.74 Å². The first-order valence-corrected chi connectivity index (χ1v) is 8.41. The number of nitrogens with zero attached hydrogens (tertiary/aromatic N) is 1. The molecule has 3 heteroatoms. The standard InChI is InChI=1S/C19H26N2O/c1-12(2)14-9-19(22-4)15-6-5-7-16-18(15)13(10-20-16)8-17(19)21(3)11-14/h5-7,10,12,14,17,20H,8-9,11H2,1-4H3/t14?,17-,19?/m1/s1. The van der Waals surface area contributed by atoms with E-state index in [0.717, 1.165) is 12.8 Å². The van der Waals surface area contributed by atoms with Gasteiger partial charge in [-0.15, -0.1) is 0 Å². The number of nitrogens with one attached hydrogen (secondary N) is 1. The van der Waals surface area contributed by atoms with Gasteiger partial charge in [0.15, 0.2) is 0 Å². The maximum absolute atomic E-state index is 6.29. The molecule has 1 aromatic carbocycles. The van der Waals surface area contributed by atoms with E-state index in [1.807, 2.05) is 7.11 Å². The predicted octanol–water partition coefficient (Wildman–Crippen LogP) is 3.54. The molecule has 1 aliphatic heterocycles. The number of ether oxygens (including phenoxy) is 1. The molecule has 22 heavy (non-hydrogen) atoms. The number of H-pyrrole nitrogens is 1. The SMILES string of the molecule is COC12CC(C(C)C)CN(C)[C@@H]1Cc1c[nH]c3cccc2c13. The summed E-state index contributed by atoms with van der Waals surface area (Å²) in [6.45, 7) is 5.85. The highest BCUT2D eigenvalue weighted by molar-refractivity contribution is 5.88. The monoisotopic (exact) mass is 298 g/mol. The van der Waals surface area contributed by atoms with Gasteiger partial charge in [0.2, 0.25) is 0 Å². The fraction of sp³-hybridized carbons (Fsp3) is 0.579. The maximum atomic E-state index is 6.29. The molecule has 1 aromatic heterocycles. The van der Waals surface area contributed by atoms with Crippen molar-refractivity contribution in [3.05, 3.63) is 35.5 Å². The molecule has 0 bridgehead atoms. The molecule has 1 aliphatic carbocycles. The first-order chi connectivity index (χ1) is 10.6. The van der Waals surface area contributed by atoms with E-state index in [1.165, 1.54) is 28.6 Å². The van der Waals surface area contributed by atoms with Crippen molar-refractivity contribution >= 4 is 10.9 Å². The van der Waals surface area contributed by atoms with Crippen LogP contribution in [0, 0.1) is 11.8 Å². The molecule has 4 rings (SSSR count). The van der Waals surface area contributed by atoms with Crippen LogP contribution in [0.15, 0.2) is 24.4 Å². The smallest absolute Gasteiger partial charge is 0.109 e. The first kappa shape index (κ1) is 14.3. The summed E-state index contributed by atoms with van der Waals surface area (Å²) in [6, 6.07) is 7.06. The second-order valence-corrected chi connectivity index (χ2v) is 7.50. The van der Waals surface area contributed by atoms with E-state index in [0.29, 0.717) is 17.9 Å². The Balaban J connectivity index is 1.93. The van der Waals surface area contributed by atoms with Crippen molar-refractivity contribution in [2.45, 2.75) is 38.3 Å². The van der Waals surface area contributed by atoms with Crippen LogP contribution < -0.4 is 0 Å². The van der Waals surface area contributed by atoms with Crippen molar-refractivity contribution in [2.75, 3.05) is 20.7 Å². The highest BCUT2D eigenvalue weighted by atomic mass is 16.5. The molecule has 1 fully saturated rings. The predicted molar refractivity (Wildman–Crippen MR) is 90.1 cm³/mol. The molecule has 0 saturated carbocycles. The average Bonchev–Trinajstić information content (AvgIpc) is 2.93. The van der Waals surface area contributed by atoms with Gasteiger partial charge in [-0.25, -0.2) is 0 Å². The van der Waals surface area contributed by atoms with Gasteiger partial charge in [-0.2, -0.15) is 0 Å². The number of likely N-dealkylation sites (tertiary alicyclic amines) is 1. The van der Waals surface area contributed by atoms with Crippen LogP contribution >= 0.6 is 0 Å². The minimum absolute atomic E-state index is 0.170. The molecule has 1 saturated heterocycles. The van der Waals surface area contributed by atoms with Crippen LogP contribution in [0.1, 0.15) is 31.4 Å². The van der Waals surface area contributed by atoms with Gasteiger partial charge in [-0.3, -0.25) is 4.90 Å². The van der Waals surface area contributed by atoms with Gasteiger partial charge in [0, 0.05) is 36.8 Å². The topological polar surface area (TPSA) is 28.3 Å². The summed E-state index contributed by atoms with van der Waals surface area (Å²) in [6.07, 6.45) is 4.39. The van der Waals surface area contributed by atoms with Crippen molar-refractivity contribution in [2.24, 2.45) is 11.8 Å². The third kappa shape index (κ3) is 1.76. The Bertz CT molecular complexity index is 705. The first-order valence-electron chi connectivity index (χ1n) is 8.41. The van der Waals surface area contributed by atoms with E-state index < -0.39 is 0 Å². The lowest BCUT2D eigenvalue weighted by Gasteiger charge is -2.53. The molecule has 2 heterocycles. The number of hydrogen-bond donors (Lipinski definition) is 1. The zero-order chi connectivity index (χ0) is 15.5. The highest BCUT2D eigenvalue weighted by Crippen LogP contribution is 2.50. The van der Waals surface area contributed by atoms with E-state index in [9.17, 15) is 0 Å². The third-order valence-corrected chi connectivity index (χ3v) is 6.12. The number of aromatic amines is 1. The highest BCUT2D eigenvalue weighted by Gasteiger charge is 2.51. The van der Waals surface area contributed by atoms with Crippen LogP contribution in [0.25, 0.3) is 10.9 Å². The summed E-state index contributed by atoms with van der Waals surface area (Å²) in [7, 11) is 4.17. The molecular weight excluding hydrogens is 272 g/mol. The molecule has 3 atom stereocenters. The summed E-state index contributed by atoms with van der Waals surface area (Å²) in [4.78, 5) is 5.98. The number of hydrogen-bond acceptors (Lipinski definition) is 2. The van der Waals surface area contributed by atoms with E-state index in [2.05, 4.69) is 55.2 Å². The lowest BCUT2D eigenvalue weighted by molar-refractivity contribution is -0.131. The Morgan fingerprint density at radius 1 is 1.36 bits per heavy atom. The van der Waals surface area contributed by atoms with Gasteiger partial charge in [0.05, 0.1) is 0 Å². The van der Waals surface area contributed by atoms with Crippen LogP contribution in [0.3, 0.4) is 0 Å². The number of aromatic nitrogens is 1. The zero-order valence-corrected chi connectivity index (χ0v) is 14.0. The van der Waals surface area contributed by atoms with E-state index >= 15 is 0 Å². The van der Waals surface area contributed by atoms with Crippen molar-refractivity contribution in [1.82, 2.24) is 9.88 Å². The molecule has 0 amide bonds. The zero-order valence-electron chi connectivity index (χ0n) is 14.0. The third-order valence-electron chi connectivity index (χ3n) is 6.12. The number of likely N-dealkylation sites (N-methyl/N-ethyl adjacent to an activating group) is 1. The molecule has 1 N–H and O–H groups in total. The molecule has 3 nitrogen and oxygen atoms in total. The number of fused-ring (bicyclic) bond motifs is 2. The lowest BCUT2D eigenvalue weighted by Crippen LogP contribution is -2.60. The second-order valence-electron chi connectivity index (χ2n) is 7.50. The fourth-order valence-corrected chi connectivity index (χ4v) is 4.81. The van der Waals surface area contributed by atoms with Crippen molar-refractivity contribution in [3.8, 4) is 0 Å². The van der Waals surface area contributed by atoms with Crippen molar-refractivity contribution in [3.63, 3.8) is 0 Å². The van der Waals surface area contributed by atoms with Crippen LogP contribution in [0.2, 0.25) is 0 Å². The molecule has 0 spiro atoms. The minimum Gasteiger partial charge on any atom is -0.372 e. The Labute approximate surface area is 132 Å². The van der Waals surface area contributed by atoms with Gasteiger partial charge in [-0.05, 0) is 48.9 Å². The normalized spacial score (nSPS) is 31.7. The largest absolute Gasteiger partial charge is 0.372 e. The van der Waals surface area contributed by atoms with Crippen LogP contribution in [-0.4, -0.2) is 36.6 Å². The van der Waals surface area contributed by atoms with Gasteiger partial charge in [0.25, 0.3) is 0 Å². The van der Waals surface area contributed by atoms with Gasteiger partial charge in [0.1, 0.15) is 5.60 Å². The molecule has 118 valence electrons. The molecule has 2 aromatic rings. The lowest BCUT2D eigenvalue weighted by atomic mass is 9.67. The maximum Gasteiger partial charge on any atom is 0.109 e. The average molecular weight is 298 g/mol. The van der Waals surface area contributed by atoms with E-state index in [4.69, 9.17) is 4.74 Å². The quantitative estimate of drug-likeness (QED) is 0.918. The Hall–Kier alpha value is -1.32. The van der Waals surface area contributed by atoms with E-state index in [1.54, 1.807) is 0 Å². The molecule has 2 aliphatic rings. The van der Waals surface area contributed by atoms with Crippen LogP contribution in [0.5, 0.6) is 0 Å². The summed E-state index contributed by atoms with van der Waals surface area (Å²) in [5.74, 6) is 1.36. The van der Waals surface area contributed by atoms with Crippen LogP contribution in [-0.2, 0) is 16.8 Å². The number of benzene rings is 1. The van der Waals surface area contributed by atoms with Gasteiger partial charge < -0.3 is 9.72 Å². The Morgan fingerprint density at radius 2 is 2.18 bits per heavy atom. The molecule has 0 radical (unpaired) electrons. The Kier molecular flexibility index (Phi) is 3.14. The minimum atomic E-state index is -0.170. The fourth-order valence-electron chi connectivity index (χ4n) is 4.81. The van der Waals surface area contributed by atoms with Gasteiger partial charge >= 0.3 is 0 Å². The second kappa shape index (κ2) is 4.84. The summed E-state index contributed by atoms with van der Waals surface area (Å²) < 4.78 is 6.29. The van der Waals surface area contributed by atoms with E-state index in [-0.39, 0.29) is 5.60 Å². The summed E-state index contributed by atoms with van der Waals surface area (Å²) >= 11 is 0.